The molecule has 0 saturated carbocycles. The molecule has 0 fully saturated rings. The SMILES string of the molecule is CCc1c2nc(nc1-c1ccccc1OC)NS(=O)(=O)c1cccc(c1)NC(=O)c1cccc(c1)O2. The van der Waals surface area contributed by atoms with Crippen LogP contribution in [0.1, 0.15) is 22.8 Å². The third kappa shape index (κ3) is 4.46. The zero-order valence-corrected chi connectivity index (χ0v) is 20.3. The topological polar surface area (TPSA) is 120 Å². The molecule has 0 radical (unpaired) electrons. The summed E-state index contributed by atoms with van der Waals surface area (Å²) in [6, 6.07) is 19.9. The van der Waals surface area contributed by atoms with Crippen LogP contribution in [0.3, 0.4) is 0 Å². The first-order chi connectivity index (χ1) is 17.4. The molecule has 6 bridgehead atoms. The minimum atomic E-state index is -4.09. The number of amides is 1. The summed E-state index contributed by atoms with van der Waals surface area (Å²) < 4.78 is 40.6. The highest BCUT2D eigenvalue weighted by Crippen LogP contribution is 2.37. The van der Waals surface area contributed by atoms with Crippen LogP contribution in [0.15, 0.2) is 77.7 Å². The summed E-state index contributed by atoms with van der Waals surface area (Å²) >= 11 is 0. The molecule has 5 rings (SSSR count). The molecule has 2 heterocycles. The predicted molar refractivity (Wildman–Crippen MR) is 135 cm³/mol. The number of hydrogen-bond acceptors (Lipinski definition) is 7. The highest BCUT2D eigenvalue weighted by atomic mass is 32.2. The summed E-state index contributed by atoms with van der Waals surface area (Å²) in [6.07, 6.45) is 0.484. The van der Waals surface area contributed by atoms with E-state index in [0.717, 1.165) is 0 Å². The standard InChI is InChI=1S/C26H22N4O5S/c1-3-20-23(21-12-4-5-13-22(21)34-2)28-26-29-25(20)35-18-10-6-8-16(14-18)24(31)27-17-9-7-11-19(15-17)36(32,33)30-26/h4-15H,3H2,1-2H3,(H,27,31)(H,28,29,30). The molecular formula is C26H22N4O5S. The highest BCUT2D eigenvalue weighted by Gasteiger charge is 2.23. The van der Waals surface area contributed by atoms with E-state index in [2.05, 4.69) is 20.0 Å². The van der Waals surface area contributed by atoms with Gasteiger partial charge < -0.3 is 14.8 Å². The molecule has 3 aromatic carbocycles. The van der Waals surface area contributed by atoms with Gasteiger partial charge in [0.05, 0.1) is 17.7 Å². The number of carbonyl (C=O) groups is 1. The Morgan fingerprint density at radius 2 is 1.78 bits per heavy atom. The maximum atomic E-state index is 13.2. The fourth-order valence-electron chi connectivity index (χ4n) is 3.91. The number of sulfonamides is 1. The number of anilines is 2. The third-order valence-corrected chi connectivity index (χ3v) is 6.95. The molecular weight excluding hydrogens is 480 g/mol. The molecule has 4 aromatic rings. The fourth-order valence-corrected chi connectivity index (χ4v) is 4.90. The van der Waals surface area contributed by atoms with Crippen LogP contribution in [0.5, 0.6) is 17.4 Å². The van der Waals surface area contributed by atoms with Crippen LogP contribution in [0.2, 0.25) is 0 Å². The van der Waals surface area contributed by atoms with Gasteiger partial charge in [-0.05, 0) is 55.0 Å². The zero-order valence-electron chi connectivity index (χ0n) is 19.5. The monoisotopic (exact) mass is 502 g/mol. The van der Waals surface area contributed by atoms with Crippen molar-refractivity contribution in [2.24, 2.45) is 0 Å². The molecule has 0 atom stereocenters. The third-order valence-electron chi connectivity index (χ3n) is 5.62. The lowest BCUT2D eigenvalue weighted by atomic mass is 10.0. The summed E-state index contributed by atoms with van der Waals surface area (Å²) in [6.45, 7) is 1.92. The molecule has 0 aliphatic carbocycles. The molecule has 36 heavy (non-hydrogen) atoms. The van der Waals surface area contributed by atoms with Crippen molar-refractivity contribution in [1.82, 2.24) is 9.97 Å². The van der Waals surface area contributed by atoms with E-state index in [1.165, 1.54) is 12.1 Å². The van der Waals surface area contributed by atoms with E-state index in [1.54, 1.807) is 49.6 Å². The molecule has 1 aliphatic heterocycles. The minimum absolute atomic E-state index is 0.0596. The second-order valence-electron chi connectivity index (χ2n) is 7.95. The first-order valence-electron chi connectivity index (χ1n) is 11.1. The fraction of sp³-hybridized carbons (Fsp3) is 0.115. The number of fused-ring (bicyclic) bond motifs is 6. The Kier molecular flexibility index (Phi) is 6.03. The van der Waals surface area contributed by atoms with Gasteiger partial charge >= 0.3 is 0 Å². The van der Waals surface area contributed by atoms with Crippen LogP contribution in [0.4, 0.5) is 11.6 Å². The first-order valence-corrected chi connectivity index (χ1v) is 12.6. The average molecular weight is 503 g/mol. The number of para-hydroxylation sites is 1. The lowest BCUT2D eigenvalue weighted by Crippen LogP contribution is -2.18. The molecule has 10 heteroatoms. The van der Waals surface area contributed by atoms with Crippen molar-refractivity contribution in [1.29, 1.82) is 0 Å². The maximum absolute atomic E-state index is 13.2. The minimum Gasteiger partial charge on any atom is -0.496 e. The van der Waals surface area contributed by atoms with Gasteiger partial charge in [-0.15, -0.1) is 0 Å². The van der Waals surface area contributed by atoms with Crippen LogP contribution in [-0.2, 0) is 16.4 Å². The van der Waals surface area contributed by atoms with Crippen LogP contribution in [-0.4, -0.2) is 31.4 Å². The number of aromatic nitrogens is 2. The van der Waals surface area contributed by atoms with Crippen LogP contribution >= 0.6 is 0 Å². The maximum Gasteiger partial charge on any atom is 0.264 e. The van der Waals surface area contributed by atoms with Crippen molar-refractivity contribution >= 4 is 27.6 Å². The smallest absolute Gasteiger partial charge is 0.264 e. The summed E-state index contributed by atoms with van der Waals surface area (Å²) in [5.41, 5.74) is 2.43. The van der Waals surface area contributed by atoms with Crippen molar-refractivity contribution in [3.05, 3.63) is 83.9 Å². The van der Waals surface area contributed by atoms with E-state index < -0.39 is 15.9 Å². The van der Waals surface area contributed by atoms with Gasteiger partial charge in [-0.25, -0.2) is 18.1 Å². The van der Waals surface area contributed by atoms with Crippen LogP contribution in [0.25, 0.3) is 11.3 Å². The van der Waals surface area contributed by atoms with E-state index in [4.69, 9.17) is 9.47 Å². The second kappa shape index (κ2) is 9.31. The molecule has 0 unspecified atom stereocenters. The quantitative estimate of drug-likeness (QED) is 0.410. The van der Waals surface area contributed by atoms with Gasteiger partial charge in [-0.2, -0.15) is 4.98 Å². The number of methoxy groups -OCH3 is 1. The molecule has 1 aliphatic rings. The predicted octanol–water partition coefficient (Wildman–Crippen LogP) is 4.87. The van der Waals surface area contributed by atoms with Crippen molar-refractivity contribution in [2.45, 2.75) is 18.2 Å². The summed E-state index contributed by atoms with van der Waals surface area (Å²) in [7, 11) is -2.54. The number of nitrogens with one attached hydrogen (secondary N) is 2. The molecule has 9 nitrogen and oxygen atoms in total. The Labute approximate surface area is 208 Å². The lowest BCUT2D eigenvalue weighted by Gasteiger charge is -2.18. The summed E-state index contributed by atoms with van der Waals surface area (Å²) in [5, 5.41) is 2.72. The van der Waals surface area contributed by atoms with E-state index in [1.807, 2.05) is 25.1 Å². The van der Waals surface area contributed by atoms with Crippen LogP contribution in [0, 0.1) is 0 Å². The van der Waals surface area contributed by atoms with Gasteiger partial charge in [0, 0.05) is 22.4 Å². The number of nitrogens with zero attached hydrogens (tertiary/aromatic N) is 2. The van der Waals surface area contributed by atoms with Crippen molar-refractivity contribution in [3.8, 4) is 28.6 Å². The van der Waals surface area contributed by atoms with E-state index >= 15 is 0 Å². The van der Waals surface area contributed by atoms with Crippen molar-refractivity contribution in [3.63, 3.8) is 0 Å². The Balaban J connectivity index is 1.77. The second-order valence-corrected chi connectivity index (χ2v) is 9.63. The van der Waals surface area contributed by atoms with Crippen LogP contribution < -0.4 is 19.5 Å². The largest absolute Gasteiger partial charge is 0.496 e. The van der Waals surface area contributed by atoms with Crippen molar-refractivity contribution < 1.29 is 22.7 Å². The molecule has 1 amide bonds. The first kappa shape index (κ1) is 23.3. The number of ether oxygens (including phenoxy) is 2. The van der Waals surface area contributed by atoms with Gasteiger partial charge in [0.25, 0.3) is 15.9 Å². The molecule has 0 spiro atoms. The number of carbonyl (C=O) groups excluding carboxylic acids is 1. The zero-order chi connectivity index (χ0) is 25.3. The van der Waals surface area contributed by atoms with Gasteiger partial charge in [0.1, 0.15) is 11.5 Å². The average Bonchev–Trinajstić information content (AvgIpc) is 2.88. The summed E-state index contributed by atoms with van der Waals surface area (Å²) in [4.78, 5) is 21.8. The normalized spacial score (nSPS) is 14.0. The van der Waals surface area contributed by atoms with Crippen molar-refractivity contribution in [2.75, 3.05) is 17.1 Å². The van der Waals surface area contributed by atoms with Gasteiger partial charge in [0.2, 0.25) is 11.8 Å². The Morgan fingerprint density at radius 1 is 0.972 bits per heavy atom. The number of benzene rings is 3. The summed E-state index contributed by atoms with van der Waals surface area (Å²) in [5.74, 6) is 0.516. The molecule has 182 valence electrons. The van der Waals surface area contributed by atoms with Gasteiger partial charge in [-0.3, -0.25) is 4.79 Å². The van der Waals surface area contributed by atoms with Gasteiger partial charge in [-0.1, -0.05) is 31.2 Å². The Bertz CT molecular complexity index is 1590. The van der Waals surface area contributed by atoms with E-state index in [9.17, 15) is 13.2 Å². The Morgan fingerprint density at radius 3 is 2.58 bits per heavy atom. The number of rotatable bonds is 3. The molecule has 0 saturated heterocycles. The molecule has 2 N–H and O–H groups in total. The van der Waals surface area contributed by atoms with Gasteiger partial charge in [0.15, 0.2) is 0 Å². The highest BCUT2D eigenvalue weighted by molar-refractivity contribution is 7.92. The Hall–Kier alpha value is -4.44. The molecule has 1 aromatic heterocycles. The van der Waals surface area contributed by atoms with E-state index in [0.29, 0.717) is 46.0 Å². The van der Waals surface area contributed by atoms with E-state index in [-0.39, 0.29) is 16.7 Å². The lowest BCUT2D eigenvalue weighted by molar-refractivity contribution is 0.102. The number of hydrogen-bond donors (Lipinski definition) is 2.